The van der Waals surface area contributed by atoms with Gasteiger partial charge in [0.25, 0.3) is 5.91 Å². The van der Waals surface area contributed by atoms with Gasteiger partial charge in [0.2, 0.25) is 0 Å². The van der Waals surface area contributed by atoms with Gasteiger partial charge in [-0.15, -0.1) is 0 Å². The van der Waals surface area contributed by atoms with Gasteiger partial charge in [-0.1, -0.05) is 18.3 Å². The lowest BCUT2D eigenvalue weighted by atomic mass is 10.1. The van der Waals surface area contributed by atoms with Crippen LogP contribution in [0, 0.1) is 0 Å². The molecule has 0 spiro atoms. The van der Waals surface area contributed by atoms with E-state index in [4.69, 9.17) is 36.9 Å². The number of carbonyl (C=O) groups is 4. The molecule has 1 aliphatic rings. The lowest BCUT2D eigenvalue weighted by Crippen LogP contribution is -2.30. The number of rotatable bonds is 12. The van der Waals surface area contributed by atoms with E-state index in [-0.39, 0.29) is 66.7 Å². The van der Waals surface area contributed by atoms with Gasteiger partial charge in [-0.05, 0) is 49.7 Å². The summed E-state index contributed by atoms with van der Waals surface area (Å²) >= 11 is 5.00. The minimum atomic E-state index is -0.609. The van der Waals surface area contributed by atoms with Gasteiger partial charge in [-0.3, -0.25) is 9.59 Å². The fourth-order valence-corrected chi connectivity index (χ4v) is 3.65. The highest BCUT2D eigenvalue weighted by Gasteiger charge is 2.29. The second kappa shape index (κ2) is 12.1. The van der Waals surface area contributed by atoms with Gasteiger partial charge < -0.3 is 29.6 Å². The van der Waals surface area contributed by atoms with Crippen LogP contribution in [-0.4, -0.2) is 66.5 Å². The number of thiocarbonyl (C=S) groups is 1. The first-order valence-corrected chi connectivity index (χ1v) is 11.6. The zero-order valence-corrected chi connectivity index (χ0v) is 20.7. The van der Waals surface area contributed by atoms with Crippen LogP contribution in [0.3, 0.4) is 0 Å². The predicted octanol–water partition coefficient (Wildman–Crippen LogP) is 2.04. The van der Waals surface area contributed by atoms with Crippen molar-refractivity contribution in [3.63, 3.8) is 0 Å². The fraction of sp³-hybridized carbons (Fsp3) is 0.320. The molecule has 0 radical (unpaired) electrons. The molecule has 0 saturated heterocycles. The van der Waals surface area contributed by atoms with E-state index in [9.17, 15) is 19.2 Å². The molecule has 0 unspecified atom stereocenters. The molecule has 0 atom stereocenters. The second-order valence-corrected chi connectivity index (χ2v) is 8.11. The number of esters is 2. The van der Waals surface area contributed by atoms with Crippen molar-refractivity contribution in [3.8, 4) is 11.5 Å². The van der Waals surface area contributed by atoms with Gasteiger partial charge in [0.05, 0.1) is 19.8 Å². The highest BCUT2D eigenvalue weighted by atomic mass is 32.1. The van der Waals surface area contributed by atoms with Crippen LogP contribution >= 0.6 is 12.2 Å². The summed E-state index contributed by atoms with van der Waals surface area (Å²) in [6, 6.07) is 9.39. The molecule has 2 N–H and O–H groups in total. The van der Waals surface area contributed by atoms with Crippen LogP contribution in [0.4, 0.5) is 0 Å². The molecule has 2 aromatic rings. The quantitative estimate of drug-likeness (QED) is 0.255. The van der Waals surface area contributed by atoms with Gasteiger partial charge in [-0.25, -0.2) is 9.59 Å². The number of nitrogens with zero attached hydrogens (tertiary/aromatic N) is 1. The number of ether oxygens (including phenoxy) is 4. The average molecular weight is 515 g/mol. The fourth-order valence-electron chi connectivity index (χ4n) is 3.52. The van der Waals surface area contributed by atoms with Gasteiger partial charge in [0.1, 0.15) is 4.99 Å². The molecule has 0 aromatic heterocycles. The Morgan fingerprint density at radius 3 is 2.14 bits per heavy atom. The van der Waals surface area contributed by atoms with E-state index < -0.39 is 18.5 Å². The number of ketones is 1. The van der Waals surface area contributed by atoms with Gasteiger partial charge in [0, 0.05) is 23.2 Å². The van der Waals surface area contributed by atoms with Crippen LogP contribution in [-0.2, 0) is 25.6 Å². The van der Waals surface area contributed by atoms with Crippen molar-refractivity contribution in [2.24, 2.45) is 5.73 Å². The van der Waals surface area contributed by atoms with Crippen molar-refractivity contribution in [2.45, 2.75) is 20.4 Å². The number of fused-ring (bicyclic) bond motifs is 1. The molecular formula is C25H26N2O8S. The van der Waals surface area contributed by atoms with Crippen molar-refractivity contribution >= 4 is 40.8 Å². The van der Waals surface area contributed by atoms with E-state index in [0.29, 0.717) is 11.1 Å². The predicted molar refractivity (Wildman–Crippen MR) is 132 cm³/mol. The number of hydrogen-bond donors (Lipinski definition) is 1. The lowest BCUT2D eigenvalue weighted by Gasteiger charge is -2.16. The second-order valence-electron chi connectivity index (χ2n) is 7.67. The average Bonchev–Trinajstić information content (AvgIpc) is 3.16. The Hall–Kier alpha value is -3.99. The Bertz CT molecular complexity index is 1200. The smallest absolute Gasteiger partial charge is 0.344 e. The third-order valence-electron chi connectivity index (χ3n) is 5.17. The Balaban J connectivity index is 1.75. The number of nitrogens with two attached hydrogens (primary N) is 1. The van der Waals surface area contributed by atoms with Crippen molar-refractivity contribution < 1.29 is 38.1 Å². The molecule has 3 rings (SSSR count). The van der Waals surface area contributed by atoms with Crippen molar-refractivity contribution in [3.05, 3.63) is 58.7 Å². The highest BCUT2D eigenvalue weighted by molar-refractivity contribution is 7.80. The number of hydrogen-bond acceptors (Lipinski definition) is 9. The van der Waals surface area contributed by atoms with E-state index in [1.807, 2.05) is 0 Å². The maximum absolute atomic E-state index is 13.0. The molecule has 190 valence electrons. The van der Waals surface area contributed by atoms with Crippen LogP contribution in [0.5, 0.6) is 11.5 Å². The van der Waals surface area contributed by atoms with E-state index >= 15 is 0 Å². The molecular weight excluding hydrogens is 488 g/mol. The topological polar surface area (TPSA) is 134 Å². The molecule has 0 bridgehead atoms. The summed E-state index contributed by atoms with van der Waals surface area (Å²) in [4.78, 5) is 50.9. The summed E-state index contributed by atoms with van der Waals surface area (Å²) in [6.45, 7) is 2.95. The molecule has 10 nitrogen and oxygen atoms in total. The zero-order chi connectivity index (χ0) is 26.2. The van der Waals surface area contributed by atoms with Gasteiger partial charge in [0.15, 0.2) is 30.5 Å². The summed E-state index contributed by atoms with van der Waals surface area (Å²) in [5.41, 5.74) is 7.77. The summed E-state index contributed by atoms with van der Waals surface area (Å²) < 4.78 is 20.7. The van der Waals surface area contributed by atoms with Crippen molar-refractivity contribution in [1.29, 1.82) is 0 Å². The monoisotopic (exact) mass is 514 g/mol. The van der Waals surface area contributed by atoms with Crippen molar-refractivity contribution in [1.82, 2.24) is 4.90 Å². The van der Waals surface area contributed by atoms with Crippen LogP contribution in [0.1, 0.15) is 45.7 Å². The summed E-state index contributed by atoms with van der Waals surface area (Å²) in [5, 5.41) is 0. The molecule has 0 saturated carbocycles. The van der Waals surface area contributed by atoms with Crippen LogP contribution < -0.4 is 15.2 Å². The van der Waals surface area contributed by atoms with Crippen LogP contribution in [0.15, 0.2) is 36.4 Å². The first-order valence-electron chi connectivity index (χ1n) is 11.2. The molecule has 1 aliphatic heterocycles. The van der Waals surface area contributed by atoms with E-state index in [2.05, 4.69) is 0 Å². The third-order valence-corrected chi connectivity index (χ3v) is 5.41. The SMILES string of the molecule is CCOC(=O)COc1ccc(C(=O)CN2Cc3cc(C(N)=S)ccc3C2=O)cc1OCC(=O)OCC. The standard InChI is InChI=1S/C25H26N2O8S/c1-3-32-22(29)13-34-20-8-6-15(10-21(20)35-14-23(30)33-4-2)19(28)12-27-11-17-9-16(24(26)36)5-7-18(17)25(27)31/h5-10H,3-4,11-14H2,1-2H3,(H2,26,36). The molecule has 36 heavy (non-hydrogen) atoms. The minimum Gasteiger partial charge on any atom is -0.478 e. The highest BCUT2D eigenvalue weighted by Crippen LogP contribution is 2.30. The minimum absolute atomic E-state index is 0.0651. The summed E-state index contributed by atoms with van der Waals surface area (Å²) in [7, 11) is 0. The van der Waals surface area contributed by atoms with Crippen molar-refractivity contribution in [2.75, 3.05) is 33.0 Å². The Labute approximate surface area is 213 Å². The first-order chi connectivity index (χ1) is 17.2. The molecule has 11 heteroatoms. The molecule has 0 aliphatic carbocycles. The van der Waals surface area contributed by atoms with Crippen LogP contribution in [0.25, 0.3) is 0 Å². The van der Waals surface area contributed by atoms with Crippen LogP contribution in [0.2, 0.25) is 0 Å². The van der Waals surface area contributed by atoms with Gasteiger partial charge >= 0.3 is 11.9 Å². The van der Waals surface area contributed by atoms with Gasteiger partial charge in [-0.2, -0.15) is 0 Å². The number of carbonyl (C=O) groups excluding carboxylic acids is 4. The normalized spacial score (nSPS) is 12.1. The molecule has 2 aromatic carbocycles. The van der Waals surface area contributed by atoms with E-state index in [0.717, 1.165) is 5.56 Å². The van der Waals surface area contributed by atoms with E-state index in [1.54, 1.807) is 32.0 Å². The Morgan fingerprint density at radius 2 is 1.53 bits per heavy atom. The largest absolute Gasteiger partial charge is 0.478 e. The van der Waals surface area contributed by atoms with E-state index in [1.165, 1.54) is 23.1 Å². The lowest BCUT2D eigenvalue weighted by molar-refractivity contribution is -0.146. The maximum Gasteiger partial charge on any atom is 0.344 e. The number of benzene rings is 2. The summed E-state index contributed by atoms with van der Waals surface area (Å²) in [6.07, 6.45) is 0. The molecule has 1 heterocycles. The maximum atomic E-state index is 13.0. The summed E-state index contributed by atoms with van der Waals surface area (Å²) in [5.74, 6) is -1.62. The first kappa shape index (κ1) is 26.6. The molecule has 1 amide bonds. The number of Topliss-reactive ketones (excluding diaryl/α,β-unsaturated/α-hetero) is 1. The molecule has 0 fully saturated rings. The Kier molecular flexibility index (Phi) is 8.96. The Morgan fingerprint density at radius 1 is 0.917 bits per heavy atom. The third kappa shape index (κ3) is 6.57. The zero-order valence-electron chi connectivity index (χ0n) is 19.9. The number of amides is 1.